The van der Waals surface area contributed by atoms with E-state index in [9.17, 15) is 36.4 Å². The van der Waals surface area contributed by atoms with Gasteiger partial charge in [-0.15, -0.1) is 0 Å². The zero-order valence-electron chi connectivity index (χ0n) is 34.8. The number of rotatable bonds is 11. The molecule has 3 heterocycles. The minimum Gasteiger partial charge on any atom is -0.494 e. The molecule has 2 aliphatic heterocycles. The summed E-state index contributed by atoms with van der Waals surface area (Å²) in [6, 6.07) is 1.24. The van der Waals surface area contributed by atoms with Crippen LogP contribution in [0.2, 0.25) is 0 Å². The number of amides is 4. The quantitative estimate of drug-likeness (QED) is 0.253. The zero-order chi connectivity index (χ0) is 43.9. The van der Waals surface area contributed by atoms with Crippen molar-refractivity contribution in [2.24, 2.45) is 17.8 Å². The van der Waals surface area contributed by atoms with Crippen molar-refractivity contribution < 1.29 is 59.7 Å². The van der Waals surface area contributed by atoms with Gasteiger partial charge in [-0.3, -0.25) is 19.1 Å². The lowest BCUT2D eigenvalue weighted by molar-refractivity contribution is -0.152. The van der Waals surface area contributed by atoms with Crippen LogP contribution in [-0.4, -0.2) is 103 Å². The van der Waals surface area contributed by atoms with Crippen LogP contribution in [0, 0.1) is 23.6 Å². The highest BCUT2D eigenvalue weighted by molar-refractivity contribution is 7.91. The summed E-state index contributed by atoms with van der Waals surface area (Å²) < 4.78 is 94.2. The Morgan fingerprint density at radius 3 is 2.40 bits per heavy atom. The number of fused-ring (bicyclic) bond motifs is 3. The second-order valence-corrected chi connectivity index (χ2v) is 19.0. The number of carbonyl (C=O) groups is 4. The zero-order valence-corrected chi connectivity index (χ0v) is 35.6. The number of sulfonamides is 1. The lowest BCUT2D eigenvalue weighted by Crippen LogP contribution is -2.59. The number of aromatic nitrogens is 1. The molecule has 0 spiro atoms. The summed E-state index contributed by atoms with van der Waals surface area (Å²) in [5.41, 5.74) is -3.64. The van der Waals surface area contributed by atoms with E-state index in [1.807, 2.05) is 19.9 Å². The molecule has 2 aliphatic carbocycles. The first-order chi connectivity index (χ1) is 28.1. The Balaban J connectivity index is 1.39. The average Bonchev–Trinajstić information content (AvgIpc) is 4.10. The summed E-state index contributed by atoms with van der Waals surface area (Å²) in [6.07, 6.45) is 4.18. The number of ether oxygens (including phenoxy) is 4. The molecule has 1 saturated heterocycles. The topological polar surface area (TPSA) is 192 Å². The maximum atomic E-state index is 15.1. The van der Waals surface area contributed by atoms with Crippen LogP contribution in [0.25, 0.3) is 10.9 Å². The predicted molar refractivity (Wildman–Crippen MR) is 212 cm³/mol. The molecule has 3 N–H and O–H groups in total. The highest BCUT2D eigenvalue weighted by Gasteiger charge is 2.62. The molecule has 0 radical (unpaired) electrons. The minimum atomic E-state index is -4.00. The first kappa shape index (κ1) is 44.7. The van der Waals surface area contributed by atoms with Crippen LogP contribution in [0.1, 0.15) is 86.0 Å². The standard InChI is InChI=1S/C41H54F3N5O10S/c1-8-23-15-22(2)11-9-10-12-24-20-41(24,37(52)48-60(54,55)26-13-14-26)47-35(50)30-16-25(21-49(30)36(51)34(23)46-38(53)59-39(3,4)40(5,43)44)58-31-19-33(57-7)45-29-18-32(56-6)28(42)17-27(29)31/h10,12,17-19,22-26,30,34H,8-9,11,13-16,20-21H2,1-7H3,(H,46,53)(H,47,50)(H,48,52)/b12-10-/t22-,23-,24?,25-,30+,34+,41-/m1/s1. The fourth-order valence-electron chi connectivity index (χ4n) is 7.91. The van der Waals surface area contributed by atoms with Crippen molar-refractivity contribution in [2.75, 3.05) is 20.8 Å². The Morgan fingerprint density at radius 1 is 1.05 bits per heavy atom. The van der Waals surface area contributed by atoms with Crippen molar-refractivity contribution in [1.29, 1.82) is 0 Å². The number of nitrogens with zero attached hydrogens (tertiary/aromatic N) is 2. The Bertz CT molecular complexity index is 2150. The molecule has 60 heavy (non-hydrogen) atoms. The van der Waals surface area contributed by atoms with Crippen LogP contribution in [0.15, 0.2) is 30.4 Å². The van der Waals surface area contributed by atoms with Crippen molar-refractivity contribution in [3.63, 3.8) is 0 Å². The van der Waals surface area contributed by atoms with Crippen LogP contribution in [0.5, 0.6) is 17.4 Å². The highest BCUT2D eigenvalue weighted by atomic mass is 32.2. The van der Waals surface area contributed by atoms with E-state index in [4.69, 9.17) is 18.9 Å². The molecule has 7 atom stereocenters. The molecule has 6 rings (SSSR count). The molecule has 1 unspecified atom stereocenters. The lowest BCUT2D eigenvalue weighted by Gasteiger charge is -2.35. The van der Waals surface area contributed by atoms with E-state index in [0.29, 0.717) is 45.4 Å². The number of alkyl halides is 2. The normalized spacial score (nSPS) is 28.3. The van der Waals surface area contributed by atoms with E-state index in [-0.39, 0.29) is 53.6 Å². The molecule has 2 aromatic rings. The number of benzene rings is 1. The molecular formula is C41H54F3N5O10S. The first-order valence-corrected chi connectivity index (χ1v) is 21.8. The fourth-order valence-corrected chi connectivity index (χ4v) is 9.27. The van der Waals surface area contributed by atoms with Crippen LogP contribution >= 0.6 is 0 Å². The summed E-state index contributed by atoms with van der Waals surface area (Å²) in [6.45, 7) is 6.26. The predicted octanol–water partition coefficient (Wildman–Crippen LogP) is 5.15. The molecule has 4 aliphatic rings. The number of halogens is 3. The van der Waals surface area contributed by atoms with Gasteiger partial charge in [-0.05, 0) is 70.3 Å². The monoisotopic (exact) mass is 865 g/mol. The molecule has 0 bridgehead atoms. The van der Waals surface area contributed by atoms with Gasteiger partial charge in [0.2, 0.25) is 27.7 Å². The number of hydrogen-bond acceptors (Lipinski definition) is 11. The largest absolute Gasteiger partial charge is 0.494 e. The molecule has 2 saturated carbocycles. The van der Waals surface area contributed by atoms with Gasteiger partial charge in [-0.1, -0.05) is 32.4 Å². The van der Waals surface area contributed by atoms with Crippen LogP contribution in [-0.2, 0) is 29.1 Å². The summed E-state index contributed by atoms with van der Waals surface area (Å²) in [7, 11) is -1.32. The third-order valence-corrected chi connectivity index (χ3v) is 14.0. The van der Waals surface area contributed by atoms with Crippen molar-refractivity contribution in [2.45, 2.75) is 126 Å². The van der Waals surface area contributed by atoms with E-state index < -0.39 is 92.0 Å². The molecule has 19 heteroatoms. The van der Waals surface area contributed by atoms with Crippen LogP contribution in [0.3, 0.4) is 0 Å². The van der Waals surface area contributed by atoms with Gasteiger partial charge in [0.05, 0.1) is 31.5 Å². The number of pyridine rings is 1. The maximum absolute atomic E-state index is 15.1. The fraction of sp³-hybridized carbons (Fsp3) is 0.634. The number of allylic oxidation sites excluding steroid dienone is 1. The van der Waals surface area contributed by atoms with Crippen LogP contribution in [0.4, 0.5) is 18.0 Å². The Morgan fingerprint density at radius 2 is 1.77 bits per heavy atom. The van der Waals surface area contributed by atoms with Crippen molar-refractivity contribution in [1.82, 2.24) is 25.2 Å². The molecule has 1 aromatic carbocycles. The molecular weight excluding hydrogens is 812 g/mol. The molecule has 330 valence electrons. The molecule has 3 fully saturated rings. The Labute approximate surface area is 347 Å². The van der Waals surface area contributed by atoms with E-state index in [1.165, 1.54) is 37.3 Å². The van der Waals surface area contributed by atoms with Gasteiger partial charge in [-0.2, -0.15) is 0 Å². The number of methoxy groups -OCH3 is 2. The van der Waals surface area contributed by atoms with Gasteiger partial charge in [0.1, 0.15) is 29.5 Å². The summed E-state index contributed by atoms with van der Waals surface area (Å²) in [5.74, 6) is -7.55. The molecule has 4 amide bonds. The SMILES string of the molecule is CC[C@@H]1C[C@H](C)CC/C=C\C2C[C@@]2(C(=O)NS(=O)(=O)C2CC2)NC(=O)[C@@H]2C[C@@H](Oc3cc(OC)nc4cc(OC)c(F)cc34)CN2C(=O)[C@H]1NC(=O)OC(C)(C)C(C)(F)F. The highest BCUT2D eigenvalue weighted by Crippen LogP contribution is 2.46. The van der Waals surface area contributed by atoms with Crippen molar-refractivity contribution >= 4 is 44.7 Å². The number of alkyl carbamates (subject to hydrolysis) is 1. The van der Waals surface area contributed by atoms with Crippen molar-refractivity contribution in [3.8, 4) is 17.4 Å². The molecule has 15 nitrogen and oxygen atoms in total. The van der Waals surface area contributed by atoms with Gasteiger partial charge in [0.15, 0.2) is 17.2 Å². The van der Waals surface area contributed by atoms with Crippen molar-refractivity contribution in [3.05, 3.63) is 36.2 Å². The van der Waals surface area contributed by atoms with Gasteiger partial charge in [-0.25, -0.2) is 31.4 Å². The number of carbonyl (C=O) groups excluding carboxylic acids is 4. The Hall–Kier alpha value is -4.81. The second-order valence-electron chi connectivity index (χ2n) is 17.0. The number of nitrogens with one attached hydrogen (secondary N) is 3. The van der Waals surface area contributed by atoms with Gasteiger partial charge in [0, 0.05) is 36.8 Å². The van der Waals surface area contributed by atoms with Gasteiger partial charge < -0.3 is 34.5 Å². The number of hydrogen-bond donors (Lipinski definition) is 3. The van der Waals surface area contributed by atoms with Crippen LogP contribution < -0.4 is 29.6 Å². The summed E-state index contributed by atoms with van der Waals surface area (Å²) >= 11 is 0. The maximum Gasteiger partial charge on any atom is 0.408 e. The Kier molecular flexibility index (Phi) is 12.6. The average molecular weight is 866 g/mol. The van der Waals surface area contributed by atoms with E-state index >= 15 is 4.39 Å². The van der Waals surface area contributed by atoms with E-state index in [1.54, 1.807) is 6.08 Å². The first-order valence-electron chi connectivity index (χ1n) is 20.2. The van der Waals surface area contributed by atoms with Gasteiger partial charge in [0.25, 0.3) is 11.8 Å². The lowest BCUT2D eigenvalue weighted by atomic mass is 9.85. The summed E-state index contributed by atoms with van der Waals surface area (Å²) in [4.78, 5) is 62.4. The second kappa shape index (κ2) is 16.9. The third-order valence-electron chi connectivity index (χ3n) is 12.2. The molecule has 1 aromatic heterocycles. The van der Waals surface area contributed by atoms with Gasteiger partial charge >= 0.3 is 6.09 Å². The third kappa shape index (κ3) is 9.39. The summed E-state index contributed by atoms with van der Waals surface area (Å²) in [5, 5.41) is 4.88. The van der Waals surface area contributed by atoms with E-state index in [0.717, 1.165) is 13.8 Å². The van der Waals surface area contributed by atoms with E-state index in [2.05, 4.69) is 20.3 Å². The minimum absolute atomic E-state index is 0.00982. The smallest absolute Gasteiger partial charge is 0.408 e.